The van der Waals surface area contributed by atoms with Crippen molar-refractivity contribution in [2.24, 2.45) is 0 Å². The third-order valence-corrected chi connectivity index (χ3v) is 4.08. The normalized spacial score (nSPS) is 10.5. The number of methoxy groups -OCH3 is 1. The van der Waals surface area contributed by atoms with E-state index < -0.39 is 5.97 Å². The van der Waals surface area contributed by atoms with Crippen LogP contribution >= 0.6 is 0 Å². The average Bonchev–Trinajstić information content (AvgIpc) is 2.68. The van der Waals surface area contributed by atoms with Gasteiger partial charge < -0.3 is 15.4 Å². The zero-order chi connectivity index (χ0) is 19.2. The first-order valence-electron chi connectivity index (χ1n) is 8.71. The minimum Gasteiger partial charge on any atom is -0.465 e. The highest BCUT2D eigenvalue weighted by molar-refractivity contribution is 5.96. The minimum absolute atomic E-state index is 0.407. The van der Waals surface area contributed by atoms with Gasteiger partial charge in [0.15, 0.2) is 0 Å². The van der Waals surface area contributed by atoms with E-state index in [-0.39, 0.29) is 0 Å². The van der Waals surface area contributed by atoms with E-state index in [1.807, 2.05) is 18.2 Å². The van der Waals surface area contributed by atoms with Gasteiger partial charge in [-0.3, -0.25) is 0 Å². The van der Waals surface area contributed by atoms with Gasteiger partial charge in [-0.05, 0) is 41.8 Å². The lowest BCUT2D eigenvalue weighted by molar-refractivity contribution is 0.0602. The number of hydrogen-bond donors (Lipinski definition) is 2. The molecular weight excluding hydrogens is 340 g/mol. The number of para-hydroxylation sites is 1. The molecule has 0 fully saturated rings. The van der Waals surface area contributed by atoms with Crippen LogP contribution < -0.4 is 10.6 Å². The van der Waals surface area contributed by atoms with E-state index in [1.165, 1.54) is 12.7 Å². The number of hydrogen-bond acceptors (Lipinski definition) is 6. The molecule has 2 N–H and O–H groups in total. The van der Waals surface area contributed by atoms with E-state index >= 15 is 0 Å². The van der Waals surface area contributed by atoms with Crippen LogP contribution in [0.25, 0.3) is 0 Å². The lowest BCUT2D eigenvalue weighted by Crippen LogP contribution is -2.06. The summed E-state index contributed by atoms with van der Waals surface area (Å²) in [7, 11) is 1.36. The van der Waals surface area contributed by atoms with Crippen molar-refractivity contribution in [3.63, 3.8) is 0 Å². The molecule has 0 unspecified atom stereocenters. The lowest BCUT2D eigenvalue weighted by atomic mass is 10.0. The second-order valence-corrected chi connectivity index (χ2v) is 6.33. The van der Waals surface area contributed by atoms with Gasteiger partial charge in [-0.15, -0.1) is 0 Å². The van der Waals surface area contributed by atoms with Gasteiger partial charge in [-0.1, -0.05) is 38.1 Å². The summed E-state index contributed by atoms with van der Waals surface area (Å²) in [6.45, 7) is 4.32. The molecule has 0 aliphatic rings. The van der Waals surface area contributed by atoms with Gasteiger partial charge in [-0.2, -0.15) is 4.98 Å². The number of ether oxygens (including phenoxy) is 1. The molecule has 0 saturated carbocycles. The number of carbonyl (C=O) groups is 1. The Labute approximate surface area is 158 Å². The Kier molecular flexibility index (Phi) is 5.66. The van der Waals surface area contributed by atoms with Gasteiger partial charge in [0.05, 0.1) is 18.4 Å². The van der Waals surface area contributed by atoms with Crippen LogP contribution in [0.5, 0.6) is 0 Å². The Balaban J connectivity index is 1.77. The molecular formula is C21H22N4O2. The number of esters is 1. The van der Waals surface area contributed by atoms with Crippen molar-refractivity contribution in [1.82, 2.24) is 9.97 Å². The van der Waals surface area contributed by atoms with Crippen LogP contribution in [0, 0.1) is 0 Å². The molecule has 1 heterocycles. The van der Waals surface area contributed by atoms with E-state index in [0.29, 0.717) is 28.9 Å². The predicted octanol–water partition coefficient (Wildman–Crippen LogP) is 4.87. The van der Waals surface area contributed by atoms with Gasteiger partial charge in [0, 0.05) is 11.9 Å². The van der Waals surface area contributed by atoms with Gasteiger partial charge in [0.1, 0.15) is 5.82 Å². The van der Waals surface area contributed by atoms with Gasteiger partial charge >= 0.3 is 5.97 Å². The van der Waals surface area contributed by atoms with Crippen LogP contribution in [0.2, 0.25) is 0 Å². The van der Waals surface area contributed by atoms with Crippen molar-refractivity contribution in [2.75, 3.05) is 17.7 Å². The van der Waals surface area contributed by atoms with Crippen molar-refractivity contribution >= 4 is 29.1 Å². The largest absolute Gasteiger partial charge is 0.465 e. The molecule has 0 saturated heterocycles. The topological polar surface area (TPSA) is 76.1 Å². The highest BCUT2D eigenvalue weighted by Crippen LogP contribution is 2.22. The Hall–Kier alpha value is -3.41. The fourth-order valence-corrected chi connectivity index (χ4v) is 2.59. The van der Waals surface area contributed by atoms with Crippen LogP contribution in [0.15, 0.2) is 60.8 Å². The molecule has 6 nitrogen and oxygen atoms in total. The first-order valence-corrected chi connectivity index (χ1v) is 8.71. The van der Waals surface area contributed by atoms with Crippen LogP contribution in [0.3, 0.4) is 0 Å². The number of carbonyl (C=O) groups excluding carboxylic acids is 1. The lowest BCUT2D eigenvalue weighted by Gasteiger charge is -2.11. The summed E-state index contributed by atoms with van der Waals surface area (Å²) in [6, 6.07) is 17.0. The van der Waals surface area contributed by atoms with Gasteiger partial charge in [0.25, 0.3) is 0 Å². The second-order valence-electron chi connectivity index (χ2n) is 6.33. The summed E-state index contributed by atoms with van der Waals surface area (Å²) in [5.41, 5.74) is 3.25. The molecule has 6 heteroatoms. The van der Waals surface area contributed by atoms with E-state index in [2.05, 4.69) is 46.6 Å². The standard InChI is InChI=1S/C21H22N4O2/c1-14(2)15-8-10-16(11-9-15)23-21-22-13-12-19(25-21)24-18-7-5-4-6-17(18)20(26)27-3/h4-14H,1-3H3,(H2,22,23,24,25). The highest BCUT2D eigenvalue weighted by Gasteiger charge is 2.11. The maximum atomic E-state index is 11.9. The number of anilines is 4. The van der Waals surface area contributed by atoms with E-state index in [0.717, 1.165) is 5.69 Å². The van der Waals surface area contributed by atoms with Crippen molar-refractivity contribution in [1.29, 1.82) is 0 Å². The fraction of sp³-hybridized carbons (Fsp3) is 0.190. The molecule has 0 atom stereocenters. The van der Waals surface area contributed by atoms with Crippen molar-refractivity contribution in [3.05, 3.63) is 71.9 Å². The average molecular weight is 362 g/mol. The molecule has 3 rings (SSSR count). The van der Waals surface area contributed by atoms with Crippen LogP contribution in [0.1, 0.15) is 35.7 Å². The predicted molar refractivity (Wildman–Crippen MR) is 107 cm³/mol. The Morgan fingerprint density at radius 3 is 2.44 bits per heavy atom. The van der Waals surface area contributed by atoms with Crippen LogP contribution in [0.4, 0.5) is 23.1 Å². The SMILES string of the molecule is COC(=O)c1ccccc1Nc1ccnc(Nc2ccc(C(C)C)cc2)n1. The Morgan fingerprint density at radius 2 is 1.74 bits per heavy atom. The highest BCUT2D eigenvalue weighted by atomic mass is 16.5. The number of aromatic nitrogens is 2. The number of rotatable bonds is 6. The van der Waals surface area contributed by atoms with Crippen molar-refractivity contribution in [2.45, 2.75) is 19.8 Å². The Bertz CT molecular complexity index is 923. The number of nitrogens with one attached hydrogen (secondary N) is 2. The zero-order valence-corrected chi connectivity index (χ0v) is 15.6. The van der Waals surface area contributed by atoms with Crippen LogP contribution in [-0.4, -0.2) is 23.0 Å². The summed E-state index contributed by atoms with van der Waals surface area (Å²) < 4.78 is 4.82. The molecule has 0 aliphatic carbocycles. The van der Waals surface area contributed by atoms with Gasteiger partial charge in [0.2, 0.25) is 5.95 Å². The monoisotopic (exact) mass is 362 g/mol. The van der Waals surface area contributed by atoms with Crippen LogP contribution in [-0.2, 0) is 4.74 Å². The molecule has 1 aromatic heterocycles. The first-order chi connectivity index (χ1) is 13.1. The summed E-state index contributed by atoms with van der Waals surface area (Å²) >= 11 is 0. The molecule has 27 heavy (non-hydrogen) atoms. The Morgan fingerprint density at radius 1 is 1.00 bits per heavy atom. The quantitative estimate of drug-likeness (QED) is 0.609. The third-order valence-electron chi connectivity index (χ3n) is 4.08. The molecule has 3 aromatic rings. The number of benzene rings is 2. The summed E-state index contributed by atoms with van der Waals surface area (Å²) in [5.74, 6) is 1.11. The van der Waals surface area contributed by atoms with E-state index in [1.54, 1.807) is 30.5 Å². The molecule has 2 aromatic carbocycles. The number of nitrogens with zero attached hydrogens (tertiary/aromatic N) is 2. The van der Waals surface area contributed by atoms with E-state index in [4.69, 9.17) is 4.74 Å². The smallest absolute Gasteiger partial charge is 0.339 e. The maximum absolute atomic E-state index is 11.9. The summed E-state index contributed by atoms with van der Waals surface area (Å²) in [5, 5.41) is 6.34. The molecule has 0 spiro atoms. The molecule has 0 amide bonds. The second kappa shape index (κ2) is 8.31. The minimum atomic E-state index is -0.407. The molecule has 138 valence electrons. The fourth-order valence-electron chi connectivity index (χ4n) is 2.59. The maximum Gasteiger partial charge on any atom is 0.339 e. The third kappa shape index (κ3) is 4.61. The first kappa shape index (κ1) is 18.4. The molecule has 0 bridgehead atoms. The zero-order valence-electron chi connectivity index (χ0n) is 15.6. The van der Waals surface area contributed by atoms with Gasteiger partial charge in [-0.25, -0.2) is 9.78 Å². The van der Waals surface area contributed by atoms with Crippen molar-refractivity contribution < 1.29 is 9.53 Å². The van der Waals surface area contributed by atoms with Crippen molar-refractivity contribution in [3.8, 4) is 0 Å². The summed E-state index contributed by atoms with van der Waals surface area (Å²) in [6.07, 6.45) is 1.65. The summed E-state index contributed by atoms with van der Waals surface area (Å²) in [4.78, 5) is 20.6. The molecule has 0 radical (unpaired) electrons. The molecule has 0 aliphatic heterocycles. The van der Waals surface area contributed by atoms with E-state index in [9.17, 15) is 4.79 Å².